The van der Waals surface area contributed by atoms with Crippen molar-refractivity contribution < 1.29 is 9.53 Å². The molecule has 0 aromatic rings. The summed E-state index contributed by atoms with van der Waals surface area (Å²) in [5, 5.41) is 0. The molecule has 1 heterocycles. The van der Waals surface area contributed by atoms with E-state index in [0.29, 0.717) is 11.8 Å². The van der Waals surface area contributed by atoms with Crippen LogP contribution in [0, 0.1) is 17.8 Å². The van der Waals surface area contributed by atoms with E-state index in [4.69, 9.17) is 4.74 Å². The van der Waals surface area contributed by atoms with Crippen molar-refractivity contribution in [3.8, 4) is 0 Å². The summed E-state index contributed by atoms with van der Waals surface area (Å²) < 4.78 is 5.46. The van der Waals surface area contributed by atoms with E-state index in [2.05, 4.69) is 20.8 Å². The molecule has 3 atom stereocenters. The molecule has 88 valence electrons. The van der Waals surface area contributed by atoms with Crippen LogP contribution in [0.3, 0.4) is 0 Å². The molecular formula is C13H24O2. The van der Waals surface area contributed by atoms with Gasteiger partial charge in [0.1, 0.15) is 5.60 Å². The minimum absolute atomic E-state index is 0.0211. The molecule has 0 aliphatic carbocycles. The van der Waals surface area contributed by atoms with Crippen molar-refractivity contribution in [1.29, 1.82) is 0 Å². The van der Waals surface area contributed by atoms with Crippen LogP contribution >= 0.6 is 0 Å². The Morgan fingerprint density at radius 1 is 1.40 bits per heavy atom. The molecule has 0 N–H and O–H groups in total. The van der Waals surface area contributed by atoms with E-state index >= 15 is 0 Å². The highest BCUT2D eigenvalue weighted by atomic mass is 16.6. The lowest BCUT2D eigenvalue weighted by atomic mass is 9.75. The van der Waals surface area contributed by atoms with E-state index in [1.54, 1.807) is 0 Å². The molecule has 2 nitrogen and oxygen atoms in total. The molecule has 0 aromatic heterocycles. The third kappa shape index (κ3) is 2.35. The predicted molar refractivity (Wildman–Crippen MR) is 61.5 cm³/mol. The summed E-state index contributed by atoms with van der Waals surface area (Å²) in [7, 11) is 0. The Kier molecular flexibility index (Phi) is 3.80. The number of hydrogen-bond donors (Lipinski definition) is 0. The highest BCUT2D eigenvalue weighted by molar-refractivity contribution is 5.76. The first-order valence-electron chi connectivity index (χ1n) is 6.16. The van der Waals surface area contributed by atoms with Gasteiger partial charge in [0.2, 0.25) is 0 Å². The average molecular weight is 212 g/mol. The van der Waals surface area contributed by atoms with Gasteiger partial charge in [-0.1, -0.05) is 33.6 Å². The van der Waals surface area contributed by atoms with Gasteiger partial charge in [0.25, 0.3) is 0 Å². The van der Waals surface area contributed by atoms with Gasteiger partial charge >= 0.3 is 5.97 Å². The van der Waals surface area contributed by atoms with Crippen molar-refractivity contribution in [1.82, 2.24) is 0 Å². The van der Waals surface area contributed by atoms with Crippen LogP contribution in [0.2, 0.25) is 0 Å². The van der Waals surface area contributed by atoms with Crippen LogP contribution in [-0.4, -0.2) is 11.6 Å². The van der Waals surface area contributed by atoms with Gasteiger partial charge in [-0.3, -0.25) is 4.79 Å². The van der Waals surface area contributed by atoms with E-state index in [-0.39, 0.29) is 17.5 Å². The zero-order valence-electron chi connectivity index (χ0n) is 10.7. The Hall–Kier alpha value is -0.530. The normalized spacial score (nSPS) is 31.4. The molecule has 0 saturated carbocycles. The maximum absolute atomic E-state index is 11.9. The fraction of sp³-hybridized carbons (Fsp3) is 0.923. The third-order valence-corrected chi connectivity index (χ3v) is 3.96. The molecule has 15 heavy (non-hydrogen) atoms. The summed E-state index contributed by atoms with van der Waals surface area (Å²) in [6.07, 6.45) is 3.36. The lowest BCUT2D eigenvalue weighted by Crippen LogP contribution is -2.30. The highest BCUT2D eigenvalue weighted by Crippen LogP contribution is 2.42. The Balaban J connectivity index is 2.80. The predicted octanol–water partition coefficient (Wildman–Crippen LogP) is 3.40. The largest absolute Gasteiger partial charge is 0.459 e. The lowest BCUT2D eigenvalue weighted by molar-refractivity contribution is -0.149. The maximum Gasteiger partial charge on any atom is 0.310 e. The minimum atomic E-state index is -0.275. The topological polar surface area (TPSA) is 26.3 Å². The number of cyclic esters (lactones) is 1. The molecular weight excluding hydrogens is 188 g/mol. The van der Waals surface area contributed by atoms with Crippen molar-refractivity contribution in [2.75, 3.05) is 0 Å². The van der Waals surface area contributed by atoms with Crippen molar-refractivity contribution in [2.24, 2.45) is 17.8 Å². The van der Waals surface area contributed by atoms with E-state index in [0.717, 1.165) is 19.3 Å². The zero-order chi connectivity index (χ0) is 11.6. The first-order valence-corrected chi connectivity index (χ1v) is 6.16. The minimum Gasteiger partial charge on any atom is -0.459 e. The van der Waals surface area contributed by atoms with E-state index in [9.17, 15) is 4.79 Å². The van der Waals surface area contributed by atoms with Gasteiger partial charge in [0.05, 0.1) is 5.92 Å². The fourth-order valence-corrected chi connectivity index (χ4v) is 2.67. The third-order valence-electron chi connectivity index (χ3n) is 3.96. The van der Waals surface area contributed by atoms with Crippen molar-refractivity contribution in [3.63, 3.8) is 0 Å². The van der Waals surface area contributed by atoms with Gasteiger partial charge in [-0.2, -0.15) is 0 Å². The van der Waals surface area contributed by atoms with Crippen LogP contribution in [0.4, 0.5) is 0 Å². The quantitative estimate of drug-likeness (QED) is 0.668. The number of carbonyl (C=O) groups excluding carboxylic acids is 1. The van der Waals surface area contributed by atoms with Crippen LogP contribution in [0.1, 0.15) is 53.9 Å². The molecule has 0 spiro atoms. The summed E-state index contributed by atoms with van der Waals surface area (Å²) in [6.45, 7) is 10.5. The molecule has 1 fully saturated rings. The number of carbonyl (C=O) groups is 1. The highest BCUT2D eigenvalue weighted by Gasteiger charge is 2.49. The lowest BCUT2D eigenvalue weighted by Gasteiger charge is -2.26. The second-order valence-corrected chi connectivity index (χ2v) is 5.30. The van der Waals surface area contributed by atoms with Crippen LogP contribution in [0.15, 0.2) is 0 Å². The molecule has 0 aromatic carbocycles. The SMILES string of the molecule is CCCC(CC)C1C(=O)OC(C)(C)C1C. The molecule has 0 amide bonds. The van der Waals surface area contributed by atoms with Gasteiger partial charge < -0.3 is 4.74 Å². The Bertz CT molecular complexity index is 233. The molecule has 1 rings (SSSR count). The molecule has 1 saturated heterocycles. The first-order chi connectivity index (χ1) is 6.94. The van der Waals surface area contributed by atoms with Crippen molar-refractivity contribution in [3.05, 3.63) is 0 Å². The monoisotopic (exact) mass is 212 g/mol. The molecule has 1 aliphatic rings. The summed E-state index contributed by atoms with van der Waals surface area (Å²) in [5.41, 5.74) is -0.275. The Morgan fingerprint density at radius 3 is 2.33 bits per heavy atom. The maximum atomic E-state index is 11.9. The second kappa shape index (κ2) is 4.54. The molecule has 0 bridgehead atoms. The van der Waals surface area contributed by atoms with E-state index in [1.165, 1.54) is 0 Å². The zero-order valence-corrected chi connectivity index (χ0v) is 10.7. The summed E-state index contributed by atoms with van der Waals surface area (Å²) in [6, 6.07) is 0. The fourth-order valence-electron chi connectivity index (χ4n) is 2.67. The Morgan fingerprint density at radius 2 is 2.00 bits per heavy atom. The van der Waals surface area contributed by atoms with Gasteiger partial charge in [-0.15, -0.1) is 0 Å². The van der Waals surface area contributed by atoms with Crippen LogP contribution in [0.5, 0.6) is 0 Å². The van der Waals surface area contributed by atoms with Crippen molar-refractivity contribution in [2.45, 2.75) is 59.5 Å². The van der Waals surface area contributed by atoms with Crippen molar-refractivity contribution >= 4 is 5.97 Å². The Labute approximate surface area is 93.4 Å². The molecule has 0 radical (unpaired) electrons. The van der Waals surface area contributed by atoms with Crippen LogP contribution < -0.4 is 0 Å². The summed E-state index contributed by atoms with van der Waals surface area (Å²) in [5.74, 6) is 0.971. The first kappa shape index (κ1) is 12.5. The number of esters is 1. The van der Waals surface area contributed by atoms with Crippen LogP contribution in [-0.2, 0) is 9.53 Å². The smallest absolute Gasteiger partial charge is 0.310 e. The second-order valence-electron chi connectivity index (χ2n) is 5.30. The number of rotatable bonds is 4. The number of ether oxygens (including phenoxy) is 1. The average Bonchev–Trinajstić information content (AvgIpc) is 2.34. The molecule has 1 aliphatic heterocycles. The van der Waals surface area contributed by atoms with E-state index in [1.807, 2.05) is 13.8 Å². The van der Waals surface area contributed by atoms with E-state index < -0.39 is 0 Å². The molecule has 3 unspecified atom stereocenters. The van der Waals surface area contributed by atoms with Gasteiger partial charge in [-0.05, 0) is 26.2 Å². The van der Waals surface area contributed by atoms with Gasteiger partial charge in [0.15, 0.2) is 0 Å². The standard InChI is InChI=1S/C13H24O2/c1-6-8-10(7-2)11-9(3)13(4,5)15-12(11)14/h9-11H,6-8H2,1-5H3. The summed E-state index contributed by atoms with van der Waals surface area (Å²) >= 11 is 0. The molecule has 2 heteroatoms. The number of hydrogen-bond acceptors (Lipinski definition) is 2. The van der Waals surface area contributed by atoms with Crippen LogP contribution in [0.25, 0.3) is 0 Å². The van der Waals surface area contributed by atoms with Gasteiger partial charge in [0, 0.05) is 5.92 Å². The van der Waals surface area contributed by atoms with Gasteiger partial charge in [-0.25, -0.2) is 0 Å². The summed E-state index contributed by atoms with van der Waals surface area (Å²) in [4.78, 5) is 11.9.